The Bertz CT molecular complexity index is 2130. The fourth-order valence-corrected chi connectivity index (χ4v) is 9.73. The van der Waals surface area contributed by atoms with Gasteiger partial charge in [-0.15, -0.1) is 0 Å². The zero-order valence-electron chi connectivity index (χ0n) is 30.3. The molecule has 0 spiro atoms. The zero-order valence-corrected chi connectivity index (χ0v) is 36.7. The third-order valence-electron chi connectivity index (χ3n) is 10.1. The van der Waals surface area contributed by atoms with Crippen LogP contribution in [0.2, 0.25) is 0 Å². The number of halogens is 4. The quantitative estimate of drug-likeness (QED) is 0.165. The molecule has 0 saturated heterocycles. The van der Waals surface area contributed by atoms with Gasteiger partial charge in [-0.05, 0) is 136 Å². The summed E-state index contributed by atoms with van der Waals surface area (Å²) in [5, 5.41) is 0. The Hall–Kier alpha value is -2.78. The number of carbonyl (C=O) groups is 4. The lowest BCUT2D eigenvalue weighted by molar-refractivity contribution is 0.0939. The summed E-state index contributed by atoms with van der Waals surface area (Å²) in [6.07, 6.45) is 3.34. The van der Waals surface area contributed by atoms with Crippen LogP contribution >= 0.6 is 63.7 Å². The highest BCUT2D eigenvalue weighted by Gasteiger charge is 2.36. The van der Waals surface area contributed by atoms with E-state index in [0.717, 1.165) is 93.6 Å². The van der Waals surface area contributed by atoms with E-state index in [1.807, 2.05) is 71.9 Å². The summed E-state index contributed by atoms with van der Waals surface area (Å²) in [6, 6.07) is 16.3. The van der Waals surface area contributed by atoms with E-state index in [9.17, 15) is 19.2 Å². The summed E-state index contributed by atoms with van der Waals surface area (Å²) < 4.78 is 3.97. The highest BCUT2D eigenvalue weighted by Crippen LogP contribution is 2.39. The number of aryl methyl sites for hydroxylation is 4. The van der Waals surface area contributed by atoms with Gasteiger partial charge < -0.3 is 0 Å². The maximum absolute atomic E-state index is 11.8. The topological polar surface area (TPSA) is 68.3 Å². The van der Waals surface area contributed by atoms with Crippen molar-refractivity contribution in [2.75, 3.05) is 0 Å². The SMILES string of the molecule is Cc1cc(Br)c2c(c1)C(=O)C(C)C2.Cc1ccc2c(c1)C(=O)C(C)C2.[CH2+]C1Cc2c(Br)cc(C)c(Br)c2C1=O.[CH2+]C1Cc2ccc(C)c(Br)c2C1=O. The first-order chi connectivity index (χ1) is 24.4. The van der Waals surface area contributed by atoms with Gasteiger partial charge in [0.15, 0.2) is 23.4 Å². The van der Waals surface area contributed by atoms with Crippen molar-refractivity contribution >= 4 is 86.9 Å². The first-order valence-electron chi connectivity index (χ1n) is 17.4. The van der Waals surface area contributed by atoms with Crippen LogP contribution in [0, 0.1) is 65.2 Å². The maximum Gasteiger partial charge on any atom is 0.211 e. The third kappa shape index (κ3) is 8.15. The Morgan fingerprint density at radius 3 is 1.75 bits per heavy atom. The second-order valence-corrected chi connectivity index (χ2v) is 17.8. The van der Waals surface area contributed by atoms with E-state index in [2.05, 4.69) is 95.8 Å². The number of fused-ring (bicyclic) bond motifs is 4. The molecule has 0 saturated carbocycles. The lowest BCUT2D eigenvalue weighted by Gasteiger charge is -2.06. The number of rotatable bonds is 0. The van der Waals surface area contributed by atoms with Crippen LogP contribution in [-0.4, -0.2) is 23.1 Å². The molecule has 4 aliphatic carbocycles. The minimum atomic E-state index is -0.126. The summed E-state index contributed by atoms with van der Waals surface area (Å²) in [5.41, 5.74) is 12.7. The summed E-state index contributed by atoms with van der Waals surface area (Å²) in [4.78, 5) is 46.7. The van der Waals surface area contributed by atoms with Gasteiger partial charge in [-0.1, -0.05) is 75.5 Å². The van der Waals surface area contributed by atoms with E-state index >= 15 is 0 Å². The van der Waals surface area contributed by atoms with Gasteiger partial charge in [0.2, 0.25) is 11.6 Å². The predicted octanol–water partition coefficient (Wildman–Crippen LogP) is 12.2. The van der Waals surface area contributed by atoms with E-state index in [-0.39, 0.29) is 35.2 Å². The molecule has 4 aromatic rings. The van der Waals surface area contributed by atoms with Crippen molar-refractivity contribution in [3.8, 4) is 0 Å². The van der Waals surface area contributed by atoms with Crippen LogP contribution in [0.25, 0.3) is 0 Å². The van der Waals surface area contributed by atoms with Crippen molar-refractivity contribution in [2.45, 2.75) is 67.2 Å². The van der Waals surface area contributed by atoms with Gasteiger partial charge >= 0.3 is 0 Å². The fourth-order valence-electron chi connectivity index (χ4n) is 7.16. The van der Waals surface area contributed by atoms with Crippen LogP contribution < -0.4 is 0 Å². The minimum absolute atomic E-state index is 0.0897. The minimum Gasteiger partial charge on any atom is -0.294 e. The van der Waals surface area contributed by atoms with Crippen LogP contribution in [0.5, 0.6) is 0 Å². The molecule has 0 aromatic heterocycles. The van der Waals surface area contributed by atoms with Crippen LogP contribution in [0.15, 0.2) is 66.4 Å². The molecule has 4 nitrogen and oxygen atoms in total. The van der Waals surface area contributed by atoms with Gasteiger partial charge in [-0.25, -0.2) is 0 Å². The Kier molecular flexibility index (Phi) is 12.7. The van der Waals surface area contributed by atoms with E-state index in [1.54, 1.807) is 0 Å². The van der Waals surface area contributed by atoms with Crippen LogP contribution in [-0.2, 0) is 25.7 Å². The van der Waals surface area contributed by atoms with Gasteiger partial charge in [0.25, 0.3) is 0 Å². The van der Waals surface area contributed by atoms with Crippen molar-refractivity contribution in [3.05, 3.63) is 147 Å². The largest absolute Gasteiger partial charge is 0.294 e. The number of benzene rings is 4. The Balaban J connectivity index is 0.000000134. The van der Waals surface area contributed by atoms with Crippen molar-refractivity contribution in [3.63, 3.8) is 0 Å². The van der Waals surface area contributed by atoms with Crippen molar-refractivity contribution < 1.29 is 19.2 Å². The van der Waals surface area contributed by atoms with E-state index < -0.39 is 0 Å². The molecular formula is C44H42Br4O4+2. The predicted molar refractivity (Wildman–Crippen MR) is 224 cm³/mol. The Labute approximate surface area is 341 Å². The zero-order chi connectivity index (χ0) is 38.3. The van der Waals surface area contributed by atoms with Crippen LogP contribution in [0.1, 0.15) is 99.8 Å². The molecule has 0 amide bonds. The van der Waals surface area contributed by atoms with E-state index in [4.69, 9.17) is 0 Å². The normalized spacial score (nSPS) is 20.5. The molecule has 8 rings (SSSR count). The third-order valence-corrected chi connectivity index (χ3v) is 13.6. The molecule has 52 heavy (non-hydrogen) atoms. The second-order valence-electron chi connectivity index (χ2n) is 14.5. The molecule has 0 N–H and O–H groups in total. The number of ketones is 4. The molecule has 0 bridgehead atoms. The fraction of sp³-hybridized carbons (Fsp3) is 0.318. The highest BCUT2D eigenvalue weighted by molar-refractivity contribution is 9.11. The number of Topliss-reactive ketones (excluding diaryl/α,β-unsaturated/α-hetero) is 4. The summed E-state index contributed by atoms with van der Waals surface area (Å²) in [5.74, 6) is 1.07. The second kappa shape index (κ2) is 16.3. The Morgan fingerprint density at radius 1 is 0.519 bits per heavy atom. The molecule has 0 fully saturated rings. The van der Waals surface area contributed by atoms with Gasteiger partial charge in [-0.2, -0.15) is 0 Å². The van der Waals surface area contributed by atoms with Gasteiger partial charge in [-0.3, -0.25) is 19.2 Å². The summed E-state index contributed by atoms with van der Waals surface area (Å²) in [6.45, 7) is 19.7. The van der Waals surface area contributed by atoms with E-state index in [1.165, 1.54) is 16.7 Å². The van der Waals surface area contributed by atoms with Crippen LogP contribution in [0.4, 0.5) is 0 Å². The van der Waals surface area contributed by atoms with E-state index in [0.29, 0.717) is 11.6 Å². The standard InChI is InChI=1S/C11H9Br2O.C11H11BrO.C11H10BrO.C11H12O/c1-5-4-8(12)7-3-6(2)11(14)9(7)10(5)13;1-6-3-9-8(10(12)4-6)5-7(2)11(9)13;1-6-3-4-8-5-7(2)11(13)9(8)10(6)12;1-7-3-4-9-6-8(2)11(12)10(9)5-7/h4,6H,2-3H2,1H3;3-4,7H,5H2,1-2H3;3-4,7H,2,5H2,1H3;3-5,8H,6H2,1-2H3/q+1;;+1;. The molecule has 4 atom stereocenters. The van der Waals surface area contributed by atoms with Crippen molar-refractivity contribution in [2.24, 2.45) is 23.7 Å². The average Bonchev–Trinajstić information content (AvgIpc) is 3.76. The molecule has 268 valence electrons. The monoisotopic (exact) mass is 950 g/mol. The lowest BCUT2D eigenvalue weighted by atomic mass is 10.1. The number of hydrogen-bond donors (Lipinski definition) is 0. The number of hydrogen-bond acceptors (Lipinski definition) is 4. The lowest BCUT2D eigenvalue weighted by Crippen LogP contribution is -2.04. The van der Waals surface area contributed by atoms with Crippen molar-refractivity contribution in [1.82, 2.24) is 0 Å². The first-order valence-corrected chi connectivity index (χ1v) is 20.5. The summed E-state index contributed by atoms with van der Waals surface area (Å²) >= 11 is 13.9. The van der Waals surface area contributed by atoms with Gasteiger partial charge in [0.1, 0.15) is 0 Å². The molecule has 4 aliphatic rings. The number of carbonyl (C=O) groups excluding carboxylic acids is 4. The summed E-state index contributed by atoms with van der Waals surface area (Å²) in [7, 11) is 0. The van der Waals surface area contributed by atoms with Gasteiger partial charge in [0, 0.05) is 64.8 Å². The van der Waals surface area contributed by atoms with Crippen LogP contribution in [0.3, 0.4) is 0 Å². The van der Waals surface area contributed by atoms with Crippen molar-refractivity contribution in [1.29, 1.82) is 0 Å². The molecule has 4 unspecified atom stereocenters. The average molecular weight is 954 g/mol. The molecule has 0 radical (unpaired) electrons. The highest BCUT2D eigenvalue weighted by atomic mass is 79.9. The first kappa shape index (κ1) is 40.4. The molecular weight excluding hydrogens is 912 g/mol. The molecule has 4 aromatic carbocycles. The van der Waals surface area contributed by atoms with Gasteiger partial charge in [0.05, 0.1) is 13.8 Å². The molecule has 0 heterocycles. The maximum atomic E-state index is 11.8. The molecule has 0 aliphatic heterocycles. The molecule has 8 heteroatoms. The smallest absolute Gasteiger partial charge is 0.211 e. The Morgan fingerprint density at radius 2 is 1.06 bits per heavy atom.